The first-order chi connectivity index (χ1) is 8.30. The number of nitrogens with zero attached hydrogens (tertiary/aromatic N) is 5. The molecule has 0 bridgehead atoms. The first-order valence-electron chi connectivity index (χ1n) is 4.56. The second-order valence-corrected chi connectivity index (χ2v) is 5.54. The number of hydrogen-bond acceptors (Lipinski definition) is 5. The summed E-state index contributed by atoms with van der Waals surface area (Å²) in [6, 6.07) is 3.10. The maximum absolute atomic E-state index is 11.8. The highest BCUT2D eigenvalue weighted by atomic mass is 32.2. The van der Waals surface area contributed by atoms with E-state index in [1.807, 2.05) is 0 Å². The second-order valence-electron chi connectivity index (χ2n) is 3.38. The summed E-state index contributed by atoms with van der Waals surface area (Å²) in [4.78, 5) is 12.1. The van der Waals surface area contributed by atoms with Crippen LogP contribution in [0.4, 0.5) is 11.4 Å². The minimum atomic E-state index is -3.77. The first kappa shape index (κ1) is 13.9. The molecule has 10 heteroatoms. The van der Waals surface area contributed by atoms with Crippen LogP contribution < -0.4 is 0 Å². The predicted molar refractivity (Wildman–Crippen MR) is 62.8 cm³/mol. The van der Waals surface area contributed by atoms with E-state index in [1.54, 1.807) is 0 Å². The van der Waals surface area contributed by atoms with Gasteiger partial charge in [-0.25, -0.2) is 12.7 Å². The number of azide groups is 1. The van der Waals surface area contributed by atoms with Gasteiger partial charge >= 0.3 is 0 Å². The molecule has 1 rings (SSSR count). The number of sulfonamides is 1. The van der Waals surface area contributed by atoms with Crippen LogP contribution in [0.1, 0.15) is 0 Å². The van der Waals surface area contributed by atoms with Crippen LogP contribution in [0.25, 0.3) is 10.4 Å². The zero-order chi connectivity index (χ0) is 13.9. The van der Waals surface area contributed by atoms with E-state index in [0.717, 1.165) is 22.5 Å². The molecule has 0 fully saturated rings. The normalized spacial score (nSPS) is 11.1. The molecule has 1 aromatic carbocycles. The van der Waals surface area contributed by atoms with Gasteiger partial charge in [-0.2, -0.15) is 0 Å². The molecule has 1 aromatic rings. The highest BCUT2D eigenvalue weighted by Crippen LogP contribution is 2.30. The van der Waals surface area contributed by atoms with Crippen LogP contribution in [0.3, 0.4) is 0 Å². The van der Waals surface area contributed by atoms with Crippen LogP contribution in [0, 0.1) is 10.1 Å². The molecular formula is C8H9N5O4S. The molecule has 0 amide bonds. The maximum atomic E-state index is 11.8. The quantitative estimate of drug-likeness (QED) is 0.271. The van der Waals surface area contributed by atoms with Crippen molar-refractivity contribution in [3.05, 3.63) is 38.8 Å². The smallest absolute Gasteiger partial charge is 0.258 e. The number of hydrogen-bond donors (Lipinski definition) is 0. The van der Waals surface area contributed by atoms with E-state index in [9.17, 15) is 18.5 Å². The Bertz CT molecular complexity index is 633. The van der Waals surface area contributed by atoms with Crippen molar-refractivity contribution in [1.29, 1.82) is 0 Å². The van der Waals surface area contributed by atoms with Gasteiger partial charge < -0.3 is 0 Å². The monoisotopic (exact) mass is 271 g/mol. The standard InChI is InChI=1S/C8H9N5O4S/c1-12(2)18(16,17)6-3-4-7(10-11-9)8(5-6)13(14)15/h3-5H,1-2H3. The van der Waals surface area contributed by atoms with Crippen molar-refractivity contribution in [1.82, 2.24) is 4.31 Å². The largest absolute Gasteiger partial charge is 0.280 e. The Morgan fingerprint density at radius 2 is 2.06 bits per heavy atom. The van der Waals surface area contributed by atoms with E-state index in [0.29, 0.717) is 0 Å². The van der Waals surface area contributed by atoms with Crippen LogP contribution in [0.5, 0.6) is 0 Å². The fourth-order valence-corrected chi connectivity index (χ4v) is 2.08. The van der Waals surface area contributed by atoms with Crippen LogP contribution in [0.15, 0.2) is 28.2 Å². The lowest BCUT2D eigenvalue weighted by Gasteiger charge is -2.11. The van der Waals surface area contributed by atoms with E-state index in [1.165, 1.54) is 14.1 Å². The zero-order valence-electron chi connectivity index (χ0n) is 9.51. The Labute approximate surface area is 102 Å². The molecule has 18 heavy (non-hydrogen) atoms. The molecule has 0 N–H and O–H groups in total. The van der Waals surface area contributed by atoms with E-state index in [2.05, 4.69) is 10.0 Å². The van der Waals surface area contributed by atoms with Gasteiger partial charge in [-0.05, 0) is 17.7 Å². The van der Waals surface area contributed by atoms with Gasteiger partial charge in [0.15, 0.2) is 0 Å². The van der Waals surface area contributed by atoms with E-state index < -0.39 is 20.6 Å². The summed E-state index contributed by atoms with van der Waals surface area (Å²) in [6.07, 6.45) is 0. The van der Waals surface area contributed by atoms with Crippen LogP contribution in [0.2, 0.25) is 0 Å². The third kappa shape index (κ3) is 2.56. The Morgan fingerprint density at radius 3 is 2.50 bits per heavy atom. The molecule has 0 saturated heterocycles. The van der Waals surface area contributed by atoms with Crippen molar-refractivity contribution in [2.45, 2.75) is 4.90 Å². The Kier molecular flexibility index (Phi) is 3.86. The van der Waals surface area contributed by atoms with Gasteiger partial charge in [0.2, 0.25) is 10.0 Å². The fourth-order valence-electron chi connectivity index (χ4n) is 1.15. The van der Waals surface area contributed by atoms with Gasteiger partial charge in [0.1, 0.15) is 5.69 Å². The molecule has 0 unspecified atom stereocenters. The van der Waals surface area contributed by atoms with Crippen molar-refractivity contribution in [3.8, 4) is 0 Å². The van der Waals surface area contributed by atoms with Gasteiger partial charge in [-0.15, -0.1) is 0 Å². The summed E-state index contributed by atoms with van der Waals surface area (Å²) in [6.45, 7) is 0. The first-order valence-corrected chi connectivity index (χ1v) is 6.00. The summed E-state index contributed by atoms with van der Waals surface area (Å²) in [5, 5.41) is 13.9. The SMILES string of the molecule is CN(C)S(=O)(=O)c1ccc(N=[N+]=[N-])c([N+](=O)[O-])c1. The molecule has 0 atom stereocenters. The lowest BCUT2D eigenvalue weighted by atomic mass is 10.3. The third-order valence-corrected chi connectivity index (χ3v) is 3.89. The topological polar surface area (TPSA) is 129 Å². The number of nitro benzene ring substituents is 1. The number of benzene rings is 1. The number of nitro groups is 1. The summed E-state index contributed by atoms with van der Waals surface area (Å²) >= 11 is 0. The van der Waals surface area contributed by atoms with Crippen molar-refractivity contribution < 1.29 is 13.3 Å². The third-order valence-electron chi connectivity index (χ3n) is 2.07. The van der Waals surface area contributed by atoms with Gasteiger partial charge in [-0.1, -0.05) is 5.11 Å². The molecule has 0 spiro atoms. The minimum Gasteiger partial charge on any atom is -0.258 e. The fraction of sp³-hybridized carbons (Fsp3) is 0.250. The second kappa shape index (κ2) is 5.00. The lowest BCUT2D eigenvalue weighted by Crippen LogP contribution is -2.22. The zero-order valence-corrected chi connectivity index (χ0v) is 10.3. The van der Waals surface area contributed by atoms with Crippen molar-refractivity contribution in [3.63, 3.8) is 0 Å². The molecule has 0 aliphatic carbocycles. The van der Waals surface area contributed by atoms with Crippen molar-refractivity contribution >= 4 is 21.4 Å². The van der Waals surface area contributed by atoms with Crippen LogP contribution >= 0.6 is 0 Å². The summed E-state index contributed by atoms with van der Waals surface area (Å²) in [5.74, 6) is 0. The molecule has 0 saturated carbocycles. The highest BCUT2D eigenvalue weighted by Gasteiger charge is 2.22. The van der Waals surface area contributed by atoms with Gasteiger partial charge in [0.05, 0.1) is 9.82 Å². The molecule has 0 radical (unpaired) electrons. The summed E-state index contributed by atoms with van der Waals surface area (Å²) < 4.78 is 24.5. The molecule has 9 nitrogen and oxygen atoms in total. The van der Waals surface area contributed by atoms with E-state index in [4.69, 9.17) is 5.53 Å². The van der Waals surface area contributed by atoms with Crippen molar-refractivity contribution in [2.75, 3.05) is 14.1 Å². The van der Waals surface area contributed by atoms with Gasteiger partial charge in [0.25, 0.3) is 5.69 Å². The molecule has 0 aromatic heterocycles. The van der Waals surface area contributed by atoms with E-state index >= 15 is 0 Å². The number of rotatable bonds is 4. The highest BCUT2D eigenvalue weighted by molar-refractivity contribution is 7.89. The maximum Gasteiger partial charge on any atom is 0.280 e. The lowest BCUT2D eigenvalue weighted by molar-refractivity contribution is -0.384. The Balaban J connectivity index is 3.51. The van der Waals surface area contributed by atoms with Crippen LogP contribution in [-0.2, 0) is 10.0 Å². The summed E-state index contributed by atoms with van der Waals surface area (Å²) in [5.41, 5.74) is 7.46. The average Bonchev–Trinajstić information content (AvgIpc) is 2.29. The molecule has 0 heterocycles. The molecule has 0 aliphatic rings. The molecule has 96 valence electrons. The van der Waals surface area contributed by atoms with Crippen LogP contribution in [-0.4, -0.2) is 31.7 Å². The molecular weight excluding hydrogens is 262 g/mol. The Hall–Kier alpha value is -2.16. The van der Waals surface area contributed by atoms with E-state index in [-0.39, 0.29) is 10.6 Å². The Morgan fingerprint density at radius 1 is 1.44 bits per heavy atom. The van der Waals surface area contributed by atoms with Gasteiger partial charge in [0, 0.05) is 25.1 Å². The van der Waals surface area contributed by atoms with Gasteiger partial charge in [-0.3, -0.25) is 10.1 Å². The predicted octanol–water partition coefficient (Wildman–Crippen LogP) is 1.79. The summed E-state index contributed by atoms with van der Waals surface area (Å²) in [7, 11) is -1.15. The molecule has 0 aliphatic heterocycles. The average molecular weight is 271 g/mol. The minimum absolute atomic E-state index is 0.236. The van der Waals surface area contributed by atoms with Crippen molar-refractivity contribution in [2.24, 2.45) is 5.11 Å².